The Balaban J connectivity index is 1.95. The Bertz CT molecular complexity index is 673. The van der Waals surface area contributed by atoms with Gasteiger partial charge in [-0.25, -0.2) is 4.98 Å². The van der Waals surface area contributed by atoms with Crippen molar-refractivity contribution in [1.29, 1.82) is 5.41 Å². The number of hydrogen-bond acceptors (Lipinski definition) is 7. The van der Waals surface area contributed by atoms with Crippen molar-refractivity contribution in [3.05, 3.63) is 47.6 Å². The molecule has 2 rings (SSSR count). The molecular weight excluding hydrogens is 314 g/mol. The molecule has 0 radical (unpaired) electrons. The van der Waals surface area contributed by atoms with Gasteiger partial charge in [0.2, 0.25) is 0 Å². The summed E-state index contributed by atoms with van der Waals surface area (Å²) in [5.41, 5.74) is 13.7. The first kappa shape index (κ1) is 18.5. The fourth-order valence-corrected chi connectivity index (χ4v) is 2.69. The van der Waals surface area contributed by atoms with Gasteiger partial charge in [-0.1, -0.05) is 6.92 Å². The lowest BCUT2D eigenvalue weighted by Crippen LogP contribution is -2.23. The molecule has 25 heavy (non-hydrogen) atoms. The molecule has 1 aromatic rings. The van der Waals surface area contributed by atoms with Gasteiger partial charge in [-0.05, 0) is 30.5 Å². The monoisotopic (exact) mass is 341 g/mol. The highest BCUT2D eigenvalue weighted by atomic mass is 15.2. The van der Waals surface area contributed by atoms with Crippen LogP contribution in [0.1, 0.15) is 18.9 Å². The van der Waals surface area contributed by atoms with Crippen LogP contribution in [0.15, 0.2) is 47.0 Å². The van der Waals surface area contributed by atoms with E-state index in [-0.39, 0.29) is 0 Å². The number of aromatic nitrogens is 1. The van der Waals surface area contributed by atoms with Crippen molar-refractivity contribution in [1.82, 2.24) is 10.3 Å². The standard InChI is InChI=1S/C18H27N7/c1-13-5-6-25(12-13)18-4-3-14(9-24-18)17(21)7-15(20)10-23-16(8-19)11-22-2/h3-4,7-9,11,13,21,23H,5-6,10,12,19-20H2,1-2H3/b15-7-,16-8+,21-17?,22-11?/t13-/m0/s1. The fraction of sp³-hybridized carbons (Fsp3) is 0.389. The summed E-state index contributed by atoms with van der Waals surface area (Å²) in [5, 5.41) is 11.2. The Kier molecular flexibility index (Phi) is 6.56. The molecule has 7 heteroatoms. The van der Waals surface area contributed by atoms with Gasteiger partial charge in [-0.3, -0.25) is 4.99 Å². The molecule has 0 aromatic carbocycles. The minimum Gasteiger partial charge on any atom is -0.403 e. The Morgan fingerprint density at radius 3 is 2.88 bits per heavy atom. The van der Waals surface area contributed by atoms with Gasteiger partial charge in [0.15, 0.2) is 0 Å². The summed E-state index contributed by atoms with van der Waals surface area (Å²) in [6, 6.07) is 3.89. The zero-order chi connectivity index (χ0) is 18.2. The van der Waals surface area contributed by atoms with Crippen LogP contribution in [0.5, 0.6) is 0 Å². The summed E-state index contributed by atoms with van der Waals surface area (Å²) in [7, 11) is 1.67. The first-order valence-corrected chi connectivity index (χ1v) is 8.37. The van der Waals surface area contributed by atoms with Crippen LogP contribution in [0.3, 0.4) is 0 Å². The normalized spacial score (nSPS) is 18.8. The molecule has 0 spiro atoms. The Labute approximate surface area is 149 Å². The number of nitrogens with zero attached hydrogens (tertiary/aromatic N) is 3. The average molecular weight is 341 g/mol. The summed E-state index contributed by atoms with van der Waals surface area (Å²) in [6.45, 7) is 4.72. The molecule has 0 amide bonds. The fourth-order valence-electron chi connectivity index (χ4n) is 2.69. The molecule has 1 aromatic heterocycles. The van der Waals surface area contributed by atoms with E-state index in [1.165, 1.54) is 12.6 Å². The maximum absolute atomic E-state index is 8.18. The minimum absolute atomic E-state index is 0.329. The zero-order valence-electron chi connectivity index (χ0n) is 14.9. The highest BCUT2D eigenvalue weighted by Crippen LogP contribution is 2.21. The Morgan fingerprint density at radius 1 is 1.52 bits per heavy atom. The SMILES string of the molecule is CN=C/C(=C\N)NC/C(N)=C/C(=N)c1ccc(N2CC[C@H](C)C2)nc1. The summed E-state index contributed by atoms with van der Waals surface area (Å²) in [6.07, 6.45) is 7.59. The number of pyridine rings is 1. The molecular formula is C18H27N7. The number of anilines is 1. The highest BCUT2D eigenvalue weighted by molar-refractivity contribution is 6.06. The summed E-state index contributed by atoms with van der Waals surface area (Å²) in [4.78, 5) is 10.7. The van der Waals surface area contributed by atoms with Crippen LogP contribution in [-0.4, -0.2) is 43.6 Å². The third-order valence-corrected chi connectivity index (χ3v) is 4.08. The molecule has 1 aliphatic heterocycles. The quantitative estimate of drug-likeness (QED) is 0.557. The van der Waals surface area contributed by atoms with Crippen LogP contribution in [0, 0.1) is 11.3 Å². The van der Waals surface area contributed by atoms with E-state index in [0.29, 0.717) is 29.6 Å². The van der Waals surface area contributed by atoms with E-state index in [0.717, 1.165) is 24.5 Å². The number of allylic oxidation sites excluding steroid dienone is 2. The van der Waals surface area contributed by atoms with Gasteiger partial charge < -0.3 is 27.1 Å². The molecule has 0 aliphatic carbocycles. The van der Waals surface area contributed by atoms with Crippen molar-refractivity contribution in [3.63, 3.8) is 0 Å². The lowest BCUT2D eigenvalue weighted by atomic mass is 10.1. The predicted octanol–water partition coefficient (Wildman–Crippen LogP) is 1.23. The second-order valence-electron chi connectivity index (χ2n) is 6.24. The first-order chi connectivity index (χ1) is 12.0. The third-order valence-electron chi connectivity index (χ3n) is 4.08. The van der Waals surface area contributed by atoms with E-state index in [9.17, 15) is 0 Å². The second-order valence-corrected chi connectivity index (χ2v) is 6.24. The van der Waals surface area contributed by atoms with E-state index < -0.39 is 0 Å². The van der Waals surface area contributed by atoms with Crippen LogP contribution in [-0.2, 0) is 0 Å². The Morgan fingerprint density at radius 2 is 2.32 bits per heavy atom. The maximum Gasteiger partial charge on any atom is 0.128 e. The van der Waals surface area contributed by atoms with Crippen molar-refractivity contribution in [2.24, 2.45) is 22.4 Å². The van der Waals surface area contributed by atoms with Crippen molar-refractivity contribution in [2.45, 2.75) is 13.3 Å². The number of nitrogens with two attached hydrogens (primary N) is 2. The average Bonchev–Trinajstić information content (AvgIpc) is 3.05. The van der Waals surface area contributed by atoms with Crippen LogP contribution in [0.2, 0.25) is 0 Å². The lowest BCUT2D eigenvalue weighted by molar-refractivity contribution is 0.659. The minimum atomic E-state index is 0.329. The largest absolute Gasteiger partial charge is 0.403 e. The molecule has 0 bridgehead atoms. The molecule has 134 valence electrons. The van der Waals surface area contributed by atoms with Crippen LogP contribution >= 0.6 is 0 Å². The molecule has 7 nitrogen and oxygen atoms in total. The molecule has 1 saturated heterocycles. The molecule has 2 heterocycles. The smallest absolute Gasteiger partial charge is 0.128 e. The van der Waals surface area contributed by atoms with Crippen molar-refractivity contribution < 1.29 is 0 Å². The van der Waals surface area contributed by atoms with Gasteiger partial charge in [0.05, 0.1) is 18.0 Å². The molecule has 1 fully saturated rings. The Hall–Kier alpha value is -2.83. The third kappa shape index (κ3) is 5.34. The molecule has 1 aliphatic rings. The van der Waals surface area contributed by atoms with E-state index >= 15 is 0 Å². The van der Waals surface area contributed by atoms with Crippen LogP contribution in [0.25, 0.3) is 0 Å². The van der Waals surface area contributed by atoms with Crippen LogP contribution in [0.4, 0.5) is 5.82 Å². The molecule has 1 atom stereocenters. The first-order valence-electron chi connectivity index (χ1n) is 8.37. The van der Waals surface area contributed by atoms with Crippen molar-refractivity contribution in [3.8, 4) is 0 Å². The van der Waals surface area contributed by atoms with E-state index in [2.05, 4.69) is 27.1 Å². The van der Waals surface area contributed by atoms with Gasteiger partial charge in [-0.15, -0.1) is 0 Å². The number of aliphatic imine (C=N–C) groups is 1. The molecule has 0 unspecified atom stereocenters. The predicted molar refractivity (Wildman–Crippen MR) is 104 cm³/mol. The number of nitrogens with one attached hydrogen (secondary N) is 2. The zero-order valence-corrected chi connectivity index (χ0v) is 14.9. The van der Waals surface area contributed by atoms with Gasteiger partial charge in [0, 0.05) is 50.0 Å². The van der Waals surface area contributed by atoms with Gasteiger partial charge in [0.1, 0.15) is 5.82 Å². The van der Waals surface area contributed by atoms with E-state index in [4.69, 9.17) is 16.9 Å². The van der Waals surface area contributed by atoms with Crippen molar-refractivity contribution in [2.75, 3.05) is 31.6 Å². The van der Waals surface area contributed by atoms with Gasteiger partial charge in [0.25, 0.3) is 0 Å². The van der Waals surface area contributed by atoms with E-state index in [1.54, 1.807) is 25.5 Å². The van der Waals surface area contributed by atoms with Crippen molar-refractivity contribution >= 4 is 17.7 Å². The van der Waals surface area contributed by atoms with Gasteiger partial charge in [-0.2, -0.15) is 0 Å². The van der Waals surface area contributed by atoms with E-state index in [1.807, 2.05) is 12.1 Å². The maximum atomic E-state index is 8.18. The summed E-state index contributed by atoms with van der Waals surface area (Å²) >= 11 is 0. The lowest BCUT2D eigenvalue weighted by Gasteiger charge is -2.16. The molecule has 6 N–H and O–H groups in total. The number of hydrogen-bond donors (Lipinski definition) is 4. The van der Waals surface area contributed by atoms with Crippen LogP contribution < -0.4 is 21.7 Å². The van der Waals surface area contributed by atoms with Gasteiger partial charge >= 0.3 is 0 Å². The summed E-state index contributed by atoms with van der Waals surface area (Å²) in [5.74, 6) is 1.68. The molecule has 0 saturated carbocycles. The summed E-state index contributed by atoms with van der Waals surface area (Å²) < 4.78 is 0. The highest BCUT2D eigenvalue weighted by Gasteiger charge is 2.19. The topological polar surface area (TPSA) is 116 Å². The second kappa shape index (κ2) is 8.86. The number of rotatable bonds is 7.